The van der Waals surface area contributed by atoms with E-state index in [-0.39, 0.29) is 0 Å². The van der Waals surface area contributed by atoms with Gasteiger partial charge >= 0.3 is 11.9 Å². The Morgan fingerprint density at radius 3 is 2.31 bits per heavy atom. The number of aliphatic carboxylic acids is 1. The maximum absolute atomic E-state index is 11.7. The number of carboxylic acid groups (broad SMARTS) is 1. The highest BCUT2D eigenvalue weighted by molar-refractivity contribution is 5.89. The number of benzene rings is 1. The van der Waals surface area contributed by atoms with Gasteiger partial charge in [-0.25, -0.2) is 9.59 Å². The summed E-state index contributed by atoms with van der Waals surface area (Å²) >= 11 is 0. The number of hydrogen-bond donors (Lipinski definition) is 5. The first kappa shape index (κ1) is 20.2. The zero-order chi connectivity index (χ0) is 19.3. The van der Waals surface area contributed by atoms with Crippen LogP contribution in [0.2, 0.25) is 0 Å². The van der Waals surface area contributed by atoms with E-state index >= 15 is 0 Å². The molecule has 0 aromatic heterocycles. The van der Waals surface area contributed by atoms with Crippen molar-refractivity contribution in [2.45, 2.75) is 36.8 Å². The van der Waals surface area contributed by atoms with Crippen molar-refractivity contribution in [3.63, 3.8) is 0 Å². The van der Waals surface area contributed by atoms with Gasteiger partial charge in [-0.1, -0.05) is 18.2 Å². The minimum Gasteiger partial charge on any atom is -0.479 e. The van der Waals surface area contributed by atoms with Crippen LogP contribution >= 0.6 is 0 Å². The third kappa shape index (κ3) is 4.97. The lowest BCUT2D eigenvalue weighted by Gasteiger charge is -2.38. The molecule has 1 aliphatic heterocycles. The number of hydrogen-bond acceptors (Lipinski definition) is 9. The van der Waals surface area contributed by atoms with Crippen molar-refractivity contribution < 1.29 is 49.3 Å². The Bertz CT molecular complexity index is 606. The molecule has 5 N–H and O–H groups in total. The monoisotopic (exact) mass is 372 g/mol. The zero-order valence-electron chi connectivity index (χ0n) is 13.5. The Kier molecular flexibility index (Phi) is 7.03. The van der Waals surface area contributed by atoms with Crippen molar-refractivity contribution in [1.29, 1.82) is 0 Å². The second-order valence-electron chi connectivity index (χ2n) is 5.69. The van der Waals surface area contributed by atoms with Gasteiger partial charge in [0.1, 0.15) is 31.0 Å². The molecule has 10 nitrogen and oxygen atoms in total. The van der Waals surface area contributed by atoms with Gasteiger partial charge in [0.15, 0.2) is 12.4 Å². The molecule has 144 valence electrons. The number of carboxylic acids is 1. The normalized spacial score (nSPS) is 29.8. The van der Waals surface area contributed by atoms with Crippen molar-refractivity contribution in [2.75, 3.05) is 13.2 Å². The van der Waals surface area contributed by atoms with E-state index in [1.54, 1.807) is 18.2 Å². The topological polar surface area (TPSA) is 163 Å². The van der Waals surface area contributed by atoms with Gasteiger partial charge in [-0.3, -0.25) is 0 Å². The van der Waals surface area contributed by atoms with Gasteiger partial charge in [-0.2, -0.15) is 0 Å². The summed E-state index contributed by atoms with van der Waals surface area (Å²) in [6, 6.07) is 8.10. The highest BCUT2D eigenvalue weighted by atomic mass is 16.7. The molecule has 0 aliphatic carbocycles. The number of carbonyl (C=O) groups excluding carboxylic acids is 1. The van der Waals surface area contributed by atoms with Crippen LogP contribution < -0.4 is 0 Å². The van der Waals surface area contributed by atoms with Crippen molar-refractivity contribution in [1.82, 2.24) is 0 Å². The fourth-order valence-electron chi connectivity index (χ4n) is 2.27. The predicted molar refractivity (Wildman–Crippen MR) is 83.0 cm³/mol. The third-order valence-corrected chi connectivity index (χ3v) is 3.68. The van der Waals surface area contributed by atoms with Crippen LogP contribution in [0.1, 0.15) is 10.4 Å². The first-order chi connectivity index (χ1) is 12.3. The highest BCUT2D eigenvalue weighted by Crippen LogP contribution is 2.22. The molecule has 0 saturated carbocycles. The van der Waals surface area contributed by atoms with Crippen LogP contribution in [0, 0.1) is 0 Å². The van der Waals surface area contributed by atoms with Crippen LogP contribution in [0.25, 0.3) is 0 Å². The average Bonchev–Trinajstić information content (AvgIpc) is 2.64. The molecule has 1 aliphatic rings. The fraction of sp³-hybridized carbons (Fsp3) is 0.500. The summed E-state index contributed by atoms with van der Waals surface area (Å²) in [6.45, 7) is -0.886. The number of carbonyl (C=O) groups is 2. The van der Waals surface area contributed by atoms with Crippen LogP contribution in [-0.4, -0.2) is 87.5 Å². The van der Waals surface area contributed by atoms with Gasteiger partial charge in [0, 0.05) is 0 Å². The van der Waals surface area contributed by atoms with E-state index in [1.165, 1.54) is 12.1 Å². The summed E-state index contributed by atoms with van der Waals surface area (Å²) in [6.07, 6.45) is -10.0. The van der Waals surface area contributed by atoms with E-state index in [9.17, 15) is 30.0 Å². The van der Waals surface area contributed by atoms with Crippen LogP contribution in [0.4, 0.5) is 0 Å². The molecule has 1 unspecified atom stereocenters. The minimum absolute atomic E-state index is 0.299. The van der Waals surface area contributed by atoms with Crippen molar-refractivity contribution >= 4 is 11.9 Å². The van der Waals surface area contributed by atoms with Crippen LogP contribution in [0.15, 0.2) is 30.3 Å². The first-order valence-corrected chi connectivity index (χ1v) is 7.75. The average molecular weight is 372 g/mol. The third-order valence-electron chi connectivity index (χ3n) is 3.68. The number of aliphatic hydroxyl groups excluding tert-OH is 4. The van der Waals surface area contributed by atoms with E-state index in [4.69, 9.17) is 19.3 Å². The molecule has 0 bridgehead atoms. The van der Waals surface area contributed by atoms with E-state index in [0.717, 1.165) is 0 Å². The highest BCUT2D eigenvalue weighted by Gasteiger charge is 2.47. The van der Waals surface area contributed by atoms with Gasteiger partial charge in [0.2, 0.25) is 0 Å². The first-order valence-electron chi connectivity index (χ1n) is 7.75. The van der Waals surface area contributed by atoms with E-state index in [2.05, 4.69) is 0 Å². The lowest BCUT2D eigenvalue weighted by molar-refractivity contribution is -0.297. The van der Waals surface area contributed by atoms with Gasteiger partial charge in [-0.05, 0) is 12.1 Å². The molecular formula is C16H20O10. The van der Waals surface area contributed by atoms with Gasteiger partial charge in [0.25, 0.3) is 0 Å². The Morgan fingerprint density at radius 2 is 1.69 bits per heavy atom. The molecule has 1 heterocycles. The Balaban J connectivity index is 1.81. The molecule has 10 heteroatoms. The largest absolute Gasteiger partial charge is 0.479 e. The molecule has 1 fully saturated rings. The number of aliphatic hydroxyl groups is 4. The molecule has 0 amide bonds. The minimum atomic E-state index is -1.83. The molecule has 6 atom stereocenters. The summed E-state index contributed by atoms with van der Waals surface area (Å²) in [5.74, 6) is -2.20. The molecule has 26 heavy (non-hydrogen) atoms. The molecule has 1 aromatic carbocycles. The van der Waals surface area contributed by atoms with Crippen molar-refractivity contribution in [3.8, 4) is 0 Å². The second-order valence-corrected chi connectivity index (χ2v) is 5.69. The Labute approximate surface area is 148 Å². The second kappa shape index (κ2) is 9.03. The Hall–Kier alpha value is -2.08. The quantitative estimate of drug-likeness (QED) is 0.342. The molecule has 2 rings (SSSR count). The summed E-state index contributed by atoms with van der Waals surface area (Å²) in [4.78, 5) is 22.7. The van der Waals surface area contributed by atoms with E-state index < -0.39 is 62.0 Å². The Morgan fingerprint density at radius 1 is 1.04 bits per heavy atom. The zero-order valence-corrected chi connectivity index (χ0v) is 13.5. The lowest BCUT2D eigenvalue weighted by atomic mass is 9.99. The van der Waals surface area contributed by atoms with E-state index in [1.807, 2.05) is 0 Å². The van der Waals surface area contributed by atoms with Crippen molar-refractivity contribution in [2.24, 2.45) is 0 Å². The van der Waals surface area contributed by atoms with E-state index in [0.29, 0.717) is 5.56 Å². The number of rotatable bonds is 7. The predicted octanol–water partition coefficient (Wildman–Crippen LogP) is -1.89. The van der Waals surface area contributed by atoms with Crippen LogP contribution in [0.3, 0.4) is 0 Å². The maximum Gasteiger partial charge on any atom is 0.338 e. The summed E-state index contributed by atoms with van der Waals surface area (Å²) in [5.41, 5.74) is 0.299. The maximum atomic E-state index is 11.7. The summed E-state index contributed by atoms with van der Waals surface area (Å²) in [5, 5.41) is 47.7. The molecule has 0 spiro atoms. The molecule has 1 saturated heterocycles. The number of ether oxygens (including phenoxy) is 3. The van der Waals surface area contributed by atoms with Gasteiger partial charge in [-0.15, -0.1) is 0 Å². The van der Waals surface area contributed by atoms with Crippen LogP contribution in [-0.2, 0) is 19.0 Å². The smallest absolute Gasteiger partial charge is 0.338 e. The fourth-order valence-corrected chi connectivity index (χ4v) is 2.27. The molecule has 1 aromatic rings. The molecular weight excluding hydrogens is 352 g/mol. The van der Waals surface area contributed by atoms with Crippen LogP contribution in [0.5, 0.6) is 0 Å². The lowest BCUT2D eigenvalue weighted by Crippen LogP contribution is -2.60. The SMILES string of the molecule is O=C(OCC(O)CO[C@H]1O[C@@H](C(=O)O)[C@H](O)[C@@H](O)[C@@H]1O)c1ccccc1. The summed E-state index contributed by atoms with van der Waals surface area (Å²) < 4.78 is 14.8. The molecule has 0 radical (unpaired) electrons. The van der Waals surface area contributed by atoms with Crippen molar-refractivity contribution in [3.05, 3.63) is 35.9 Å². The summed E-state index contributed by atoms with van der Waals surface area (Å²) in [7, 11) is 0. The standard InChI is InChI=1S/C16H20O10/c17-9(6-24-15(23)8-4-2-1-3-5-8)7-25-16-12(20)10(18)11(19)13(26-16)14(21)22/h1-5,9-13,16-20H,6-7H2,(H,21,22)/t9?,10-,11-,12+,13-,16+/m1/s1. The van der Waals surface area contributed by atoms with Gasteiger partial charge < -0.3 is 39.7 Å². The number of esters is 1. The van der Waals surface area contributed by atoms with Gasteiger partial charge in [0.05, 0.1) is 12.2 Å².